The molecule has 0 bridgehead atoms. The number of halogens is 1. The maximum atomic E-state index is 12.6. The highest BCUT2D eigenvalue weighted by molar-refractivity contribution is 9.10. The molecule has 4 nitrogen and oxygen atoms in total. The lowest BCUT2D eigenvalue weighted by molar-refractivity contribution is -0.130. The predicted octanol–water partition coefficient (Wildman–Crippen LogP) is 4.80. The summed E-state index contributed by atoms with van der Waals surface area (Å²) in [6.45, 7) is 1.41. The zero-order valence-corrected chi connectivity index (χ0v) is 16.8. The van der Waals surface area contributed by atoms with Crippen molar-refractivity contribution in [3.05, 3.63) is 70.3 Å². The summed E-state index contributed by atoms with van der Waals surface area (Å²) >= 11 is 3.55. The molecule has 2 aromatic carbocycles. The second-order valence-corrected chi connectivity index (χ2v) is 7.65. The zero-order valence-electron chi connectivity index (χ0n) is 15.2. The molecule has 0 saturated carbocycles. The van der Waals surface area contributed by atoms with Crippen molar-refractivity contribution in [2.45, 2.75) is 12.8 Å². The Morgan fingerprint density at radius 2 is 2.04 bits per heavy atom. The van der Waals surface area contributed by atoms with Crippen molar-refractivity contribution in [2.24, 2.45) is 0 Å². The van der Waals surface area contributed by atoms with Gasteiger partial charge in [0, 0.05) is 40.2 Å². The summed E-state index contributed by atoms with van der Waals surface area (Å²) in [7, 11) is 1.64. The van der Waals surface area contributed by atoms with Crippen molar-refractivity contribution in [1.29, 1.82) is 0 Å². The van der Waals surface area contributed by atoms with E-state index in [1.807, 2.05) is 35.2 Å². The molecule has 1 aliphatic rings. The molecule has 2 heterocycles. The molecular weight excluding hydrogens is 404 g/mol. The third kappa shape index (κ3) is 3.78. The minimum absolute atomic E-state index is 0.164. The quantitative estimate of drug-likeness (QED) is 0.653. The number of nitrogens with one attached hydrogen (secondary N) is 1. The normalized spacial score (nSPS) is 14.3. The number of aromatic nitrogens is 1. The van der Waals surface area contributed by atoms with E-state index in [1.54, 1.807) is 7.11 Å². The van der Waals surface area contributed by atoms with Gasteiger partial charge in [-0.2, -0.15) is 0 Å². The first-order valence-electron chi connectivity index (χ1n) is 9.01. The van der Waals surface area contributed by atoms with E-state index in [9.17, 15) is 4.79 Å². The van der Waals surface area contributed by atoms with Gasteiger partial charge in [-0.25, -0.2) is 0 Å². The average Bonchev–Trinajstić information content (AvgIpc) is 3.11. The van der Waals surface area contributed by atoms with E-state index in [0.29, 0.717) is 13.0 Å². The molecule has 1 amide bonds. The van der Waals surface area contributed by atoms with Gasteiger partial charge in [0.1, 0.15) is 5.75 Å². The molecule has 5 heteroatoms. The van der Waals surface area contributed by atoms with E-state index in [-0.39, 0.29) is 5.91 Å². The van der Waals surface area contributed by atoms with Crippen LogP contribution in [0.3, 0.4) is 0 Å². The van der Waals surface area contributed by atoms with Crippen LogP contribution in [-0.4, -0.2) is 36.0 Å². The Morgan fingerprint density at radius 3 is 2.74 bits per heavy atom. The van der Waals surface area contributed by atoms with Gasteiger partial charge in [0.15, 0.2) is 0 Å². The van der Waals surface area contributed by atoms with Gasteiger partial charge in [0.05, 0.1) is 13.5 Å². The SMILES string of the molecule is COc1ccc(CC(=O)N2CC=C(c3c[nH]c4ccc(Br)cc34)CC2)cc1. The second kappa shape index (κ2) is 7.61. The maximum Gasteiger partial charge on any atom is 0.227 e. The topological polar surface area (TPSA) is 45.3 Å². The standard InChI is InChI=1S/C22H21BrN2O2/c1-27-18-5-2-15(3-6-18)12-22(26)25-10-8-16(9-11-25)20-14-24-21-7-4-17(23)13-19(20)21/h2-8,13-14,24H,9-12H2,1H3. The van der Waals surface area contributed by atoms with Crippen LogP contribution in [0, 0.1) is 0 Å². The Kier molecular flexibility index (Phi) is 5.03. The van der Waals surface area contributed by atoms with E-state index in [2.05, 4.69) is 45.3 Å². The minimum atomic E-state index is 0.164. The molecule has 0 spiro atoms. The Morgan fingerprint density at radius 1 is 1.22 bits per heavy atom. The van der Waals surface area contributed by atoms with Crippen LogP contribution < -0.4 is 4.74 Å². The first-order chi connectivity index (χ1) is 13.1. The summed E-state index contributed by atoms with van der Waals surface area (Å²) in [6, 6.07) is 14.0. The number of amides is 1. The number of benzene rings is 2. The number of rotatable bonds is 4. The third-order valence-corrected chi connectivity index (χ3v) is 5.56. The third-order valence-electron chi connectivity index (χ3n) is 5.07. The number of carbonyl (C=O) groups excluding carboxylic acids is 1. The number of fused-ring (bicyclic) bond motifs is 1. The largest absolute Gasteiger partial charge is 0.497 e. The molecule has 0 fully saturated rings. The van der Waals surface area contributed by atoms with Crippen molar-refractivity contribution >= 4 is 38.3 Å². The fourth-order valence-corrected chi connectivity index (χ4v) is 3.89. The molecule has 0 atom stereocenters. The number of hydrogen-bond donors (Lipinski definition) is 1. The highest BCUT2D eigenvalue weighted by Crippen LogP contribution is 2.31. The average molecular weight is 425 g/mol. The van der Waals surface area contributed by atoms with E-state index in [1.165, 1.54) is 16.5 Å². The van der Waals surface area contributed by atoms with Crippen LogP contribution in [0.4, 0.5) is 0 Å². The number of aromatic amines is 1. The highest BCUT2D eigenvalue weighted by atomic mass is 79.9. The van der Waals surface area contributed by atoms with Crippen molar-refractivity contribution in [3.8, 4) is 5.75 Å². The summed E-state index contributed by atoms with van der Waals surface area (Å²) < 4.78 is 6.24. The van der Waals surface area contributed by atoms with Gasteiger partial charge in [-0.3, -0.25) is 4.79 Å². The lowest BCUT2D eigenvalue weighted by Gasteiger charge is -2.26. The number of H-pyrrole nitrogens is 1. The molecular formula is C22H21BrN2O2. The number of hydrogen-bond acceptors (Lipinski definition) is 2. The van der Waals surface area contributed by atoms with E-state index in [4.69, 9.17) is 4.74 Å². The van der Waals surface area contributed by atoms with Crippen molar-refractivity contribution < 1.29 is 9.53 Å². The molecule has 0 saturated heterocycles. The molecule has 0 aliphatic carbocycles. The van der Waals surface area contributed by atoms with Crippen molar-refractivity contribution in [2.75, 3.05) is 20.2 Å². The van der Waals surface area contributed by atoms with Gasteiger partial charge in [0.2, 0.25) is 5.91 Å². The summed E-state index contributed by atoms with van der Waals surface area (Å²) in [6.07, 6.45) is 5.54. The number of carbonyl (C=O) groups is 1. The fraction of sp³-hybridized carbons (Fsp3) is 0.227. The van der Waals surface area contributed by atoms with Crippen LogP contribution in [0.1, 0.15) is 17.5 Å². The van der Waals surface area contributed by atoms with Gasteiger partial charge in [-0.1, -0.05) is 34.1 Å². The van der Waals surface area contributed by atoms with E-state index < -0.39 is 0 Å². The van der Waals surface area contributed by atoms with Crippen LogP contribution in [0.25, 0.3) is 16.5 Å². The Balaban J connectivity index is 1.45. The number of methoxy groups -OCH3 is 1. The van der Waals surface area contributed by atoms with E-state index >= 15 is 0 Å². The van der Waals surface area contributed by atoms with Crippen LogP contribution >= 0.6 is 15.9 Å². The molecule has 4 rings (SSSR count). The number of nitrogens with zero attached hydrogens (tertiary/aromatic N) is 1. The first-order valence-corrected chi connectivity index (χ1v) is 9.80. The second-order valence-electron chi connectivity index (χ2n) is 6.74. The summed E-state index contributed by atoms with van der Waals surface area (Å²) in [5.74, 6) is 0.972. The van der Waals surface area contributed by atoms with Crippen LogP contribution in [0.2, 0.25) is 0 Å². The molecule has 138 valence electrons. The molecule has 27 heavy (non-hydrogen) atoms. The Bertz CT molecular complexity index is 1000. The summed E-state index contributed by atoms with van der Waals surface area (Å²) in [4.78, 5) is 17.9. The van der Waals surface area contributed by atoms with Crippen LogP contribution in [0.5, 0.6) is 5.75 Å². The lowest BCUT2D eigenvalue weighted by Crippen LogP contribution is -2.35. The Labute approximate surface area is 167 Å². The smallest absolute Gasteiger partial charge is 0.227 e. The fourth-order valence-electron chi connectivity index (χ4n) is 3.53. The van der Waals surface area contributed by atoms with Gasteiger partial charge < -0.3 is 14.6 Å². The monoisotopic (exact) mass is 424 g/mol. The van der Waals surface area contributed by atoms with E-state index in [0.717, 1.165) is 34.3 Å². The molecule has 0 unspecified atom stereocenters. The molecule has 1 aliphatic heterocycles. The van der Waals surface area contributed by atoms with Crippen LogP contribution in [0.15, 0.2) is 59.2 Å². The first kappa shape index (κ1) is 17.9. The van der Waals surface area contributed by atoms with Gasteiger partial charge in [-0.15, -0.1) is 0 Å². The predicted molar refractivity (Wildman–Crippen MR) is 112 cm³/mol. The van der Waals surface area contributed by atoms with Crippen molar-refractivity contribution in [1.82, 2.24) is 9.88 Å². The molecule has 1 aromatic heterocycles. The summed E-state index contributed by atoms with van der Waals surface area (Å²) in [5, 5.41) is 1.22. The van der Waals surface area contributed by atoms with Crippen LogP contribution in [-0.2, 0) is 11.2 Å². The molecule has 3 aromatic rings. The highest BCUT2D eigenvalue weighted by Gasteiger charge is 2.19. The number of ether oxygens (including phenoxy) is 1. The molecule has 0 radical (unpaired) electrons. The van der Waals surface area contributed by atoms with Gasteiger partial charge in [-0.05, 0) is 47.9 Å². The van der Waals surface area contributed by atoms with Gasteiger partial charge in [0.25, 0.3) is 0 Å². The van der Waals surface area contributed by atoms with Gasteiger partial charge >= 0.3 is 0 Å². The minimum Gasteiger partial charge on any atom is -0.497 e. The Hall–Kier alpha value is -2.53. The zero-order chi connectivity index (χ0) is 18.8. The van der Waals surface area contributed by atoms with Crippen molar-refractivity contribution in [3.63, 3.8) is 0 Å². The molecule has 1 N–H and O–H groups in total. The maximum absolute atomic E-state index is 12.6. The summed E-state index contributed by atoms with van der Waals surface area (Å²) in [5.41, 5.74) is 4.67. The lowest BCUT2D eigenvalue weighted by atomic mass is 9.98.